The summed E-state index contributed by atoms with van der Waals surface area (Å²) in [5, 5.41) is 4.41. The van der Waals surface area contributed by atoms with Crippen molar-refractivity contribution < 1.29 is 17.6 Å². The third-order valence-corrected chi connectivity index (χ3v) is 8.70. The second-order valence-electron chi connectivity index (χ2n) is 8.19. The van der Waals surface area contributed by atoms with Crippen molar-refractivity contribution in [1.29, 1.82) is 0 Å². The van der Waals surface area contributed by atoms with E-state index >= 15 is 0 Å². The Morgan fingerprint density at radius 1 is 1.00 bits per heavy atom. The average Bonchev–Trinajstić information content (AvgIpc) is 3.31. The largest absolute Gasteiger partial charge is 0.367 e. The molecule has 1 fully saturated rings. The lowest BCUT2D eigenvalue weighted by Gasteiger charge is -2.35. The van der Waals surface area contributed by atoms with Crippen molar-refractivity contribution in [1.82, 2.24) is 4.31 Å². The number of nitrogens with one attached hydrogen (secondary N) is 1. The van der Waals surface area contributed by atoms with Crippen LogP contribution in [0.4, 0.5) is 15.8 Å². The lowest BCUT2D eigenvalue weighted by Crippen LogP contribution is -2.49. The molecule has 4 rings (SSSR count). The number of sulfonamides is 1. The number of piperazine rings is 1. The molecule has 1 saturated heterocycles. The standard InChI is InChI=1S/C24H26FN3O3S2/c1-17(2)18-7-9-19(10-8-18)26-24(29)23-22(11-16-32-23)33(30,31)28-14-12-27(13-15-28)21-6-4-3-5-20(21)25/h3-11,16-17H,12-15H2,1-2H3,(H,26,29). The van der Waals surface area contributed by atoms with Crippen LogP contribution in [-0.4, -0.2) is 44.8 Å². The first kappa shape index (κ1) is 23.4. The molecule has 0 bridgehead atoms. The van der Waals surface area contributed by atoms with E-state index in [1.165, 1.54) is 16.4 Å². The second kappa shape index (κ2) is 9.62. The quantitative estimate of drug-likeness (QED) is 0.544. The first-order chi connectivity index (χ1) is 15.8. The number of amides is 1. The van der Waals surface area contributed by atoms with Gasteiger partial charge in [0, 0.05) is 31.9 Å². The van der Waals surface area contributed by atoms with Gasteiger partial charge in [-0.3, -0.25) is 4.79 Å². The Kier molecular flexibility index (Phi) is 6.83. The number of hydrogen-bond acceptors (Lipinski definition) is 5. The third kappa shape index (κ3) is 4.95. The van der Waals surface area contributed by atoms with Gasteiger partial charge in [-0.15, -0.1) is 11.3 Å². The zero-order valence-electron chi connectivity index (χ0n) is 18.5. The summed E-state index contributed by atoms with van der Waals surface area (Å²) in [5.74, 6) is -0.402. The number of carbonyl (C=O) groups excluding carboxylic acids is 1. The average molecular weight is 488 g/mol. The van der Waals surface area contributed by atoms with E-state index in [0.717, 1.165) is 16.9 Å². The highest BCUT2D eigenvalue weighted by molar-refractivity contribution is 7.89. The maximum Gasteiger partial charge on any atom is 0.267 e. The van der Waals surface area contributed by atoms with Crippen LogP contribution in [0.1, 0.15) is 35.0 Å². The number of anilines is 2. The zero-order valence-corrected chi connectivity index (χ0v) is 20.1. The smallest absolute Gasteiger partial charge is 0.267 e. The number of carbonyl (C=O) groups is 1. The fraction of sp³-hybridized carbons (Fsp3) is 0.292. The van der Waals surface area contributed by atoms with Crippen LogP contribution in [-0.2, 0) is 10.0 Å². The van der Waals surface area contributed by atoms with Crippen LogP contribution in [0.2, 0.25) is 0 Å². The SMILES string of the molecule is CC(C)c1ccc(NC(=O)c2sccc2S(=O)(=O)N2CCN(c3ccccc3F)CC2)cc1. The van der Waals surface area contributed by atoms with Gasteiger partial charge in [0.05, 0.1) is 5.69 Å². The van der Waals surface area contributed by atoms with Crippen LogP contribution < -0.4 is 10.2 Å². The number of halogens is 1. The molecule has 1 aromatic heterocycles. The summed E-state index contributed by atoms with van der Waals surface area (Å²) in [6, 6.07) is 15.5. The van der Waals surface area contributed by atoms with E-state index in [4.69, 9.17) is 0 Å². The lowest BCUT2D eigenvalue weighted by molar-refractivity contribution is 0.102. The van der Waals surface area contributed by atoms with Gasteiger partial charge in [-0.05, 0) is 47.2 Å². The molecule has 0 spiro atoms. The van der Waals surface area contributed by atoms with Crippen molar-refractivity contribution >= 4 is 38.6 Å². The Hall–Kier alpha value is -2.75. The molecular formula is C24H26FN3O3S2. The molecule has 1 aliphatic rings. The number of nitrogens with zero attached hydrogens (tertiary/aromatic N) is 2. The van der Waals surface area contributed by atoms with Gasteiger partial charge in [0.15, 0.2) is 0 Å². The topological polar surface area (TPSA) is 69.7 Å². The molecule has 174 valence electrons. The molecule has 6 nitrogen and oxygen atoms in total. The molecule has 3 aromatic rings. The molecule has 2 aromatic carbocycles. The summed E-state index contributed by atoms with van der Waals surface area (Å²) < 4.78 is 42.1. The Morgan fingerprint density at radius 2 is 1.67 bits per heavy atom. The predicted molar refractivity (Wildman–Crippen MR) is 130 cm³/mol. The van der Waals surface area contributed by atoms with Crippen LogP contribution in [0.3, 0.4) is 0 Å². The highest BCUT2D eigenvalue weighted by Gasteiger charge is 2.33. The van der Waals surface area contributed by atoms with Crippen LogP contribution >= 0.6 is 11.3 Å². The van der Waals surface area contributed by atoms with E-state index in [0.29, 0.717) is 30.4 Å². The van der Waals surface area contributed by atoms with Gasteiger partial charge in [-0.2, -0.15) is 4.31 Å². The Balaban J connectivity index is 1.47. The van der Waals surface area contributed by atoms with Crippen LogP contribution in [0.15, 0.2) is 64.9 Å². The van der Waals surface area contributed by atoms with E-state index in [9.17, 15) is 17.6 Å². The van der Waals surface area contributed by atoms with Gasteiger partial charge in [0.2, 0.25) is 10.0 Å². The summed E-state index contributed by atoms with van der Waals surface area (Å²) in [5.41, 5.74) is 2.23. The van der Waals surface area contributed by atoms with Crippen molar-refractivity contribution in [3.63, 3.8) is 0 Å². The van der Waals surface area contributed by atoms with E-state index in [-0.39, 0.29) is 28.7 Å². The summed E-state index contributed by atoms with van der Waals surface area (Å²) in [4.78, 5) is 14.9. The van der Waals surface area contributed by atoms with Crippen molar-refractivity contribution in [3.05, 3.63) is 76.2 Å². The first-order valence-electron chi connectivity index (χ1n) is 10.8. The molecule has 0 radical (unpaired) electrons. The molecule has 1 aliphatic heterocycles. The van der Waals surface area contributed by atoms with E-state index < -0.39 is 15.9 Å². The molecule has 9 heteroatoms. The van der Waals surface area contributed by atoms with Crippen LogP contribution in [0.5, 0.6) is 0 Å². The number of thiophene rings is 1. The highest BCUT2D eigenvalue weighted by atomic mass is 32.2. The number of para-hydroxylation sites is 1. The molecule has 1 N–H and O–H groups in total. The number of rotatable bonds is 6. The molecule has 0 aliphatic carbocycles. The Bertz CT molecular complexity index is 1230. The molecular weight excluding hydrogens is 461 g/mol. The minimum atomic E-state index is -3.86. The molecule has 33 heavy (non-hydrogen) atoms. The molecule has 0 atom stereocenters. The van der Waals surface area contributed by atoms with Gasteiger partial charge in [0.25, 0.3) is 5.91 Å². The van der Waals surface area contributed by atoms with Crippen molar-refractivity contribution in [2.75, 3.05) is 36.4 Å². The fourth-order valence-corrected chi connectivity index (χ4v) is 6.54. The minimum Gasteiger partial charge on any atom is -0.367 e. The van der Waals surface area contributed by atoms with Crippen molar-refractivity contribution in [2.24, 2.45) is 0 Å². The van der Waals surface area contributed by atoms with Crippen LogP contribution in [0, 0.1) is 5.82 Å². The van der Waals surface area contributed by atoms with Gasteiger partial charge < -0.3 is 10.2 Å². The highest BCUT2D eigenvalue weighted by Crippen LogP contribution is 2.28. The monoisotopic (exact) mass is 487 g/mol. The van der Waals surface area contributed by atoms with Crippen molar-refractivity contribution in [3.8, 4) is 0 Å². The number of hydrogen-bond donors (Lipinski definition) is 1. The van der Waals surface area contributed by atoms with E-state index in [1.54, 1.807) is 23.6 Å². The van der Waals surface area contributed by atoms with Gasteiger partial charge in [-0.1, -0.05) is 38.1 Å². The summed E-state index contributed by atoms with van der Waals surface area (Å²) in [7, 11) is -3.86. The molecule has 0 saturated carbocycles. The third-order valence-electron chi connectivity index (χ3n) is 5.72. The van der Waals surface area contributed by atoms with E-state index in [1.807, 2.05) is 29.2 Å². The maximum absolute atomic E-state index is 14.1. The fourth-order valence-electron chi connectivity index (χ4n) is 3.82. The molecule has 0 unspecified atom stereocenters. The van der Waals surface area contributed by atoms with E-state index in [2.05, 4.69) is 19.2 Å². The minimum absolute atomic E-state index is 0.00291. The van der Waals surface area contributed by atoms with Gasteiger partial charge in [-0.25, -0.2) is 12.8 Å². The van der Waals surface area contributed by atoms with Gasteiger partial charge >= 0.3 is 0 Å². The second-order valence-corrected chi connectivity index (χ2v) is 11.0. The zero-order chi connectivity index (χ0) is 23.6. The normalized spacial score (nSPS) is 15.1. The maximum atomic E-state index is 14.1. The van der Waals surface area contributed by atoms with Gasteiger partial charge in [0.1, 0.15) is 15.6 Å². The summed E-state index contributed by atoms with van der Waals surface area (Å²) in [6.45, 7) is 5.34. The number of benzene rings is 2. The lowest BCUT2D eigenvalue weighted by atomic mass is 10.0. The summed E-state index contributed by atoms with van der Waals surface area (Å²) in [6.07, 6.45) is 0. The Morgan fingerprint density at radius 3 is 2.30 bits per heavy atom. The molecule has 1 amide bonds. The first-order valence-corrected chi connectivity index (χ1v) is 13.1. The van der Waals surface area contributed by atoms with Crippen molar-refractivity contribution in [2.45, 2.75) is 24.7 Å². The Labute approximate surface area is 197 Å². The predicted octanol–water partition coefficient (Wildman–Crippen LogP) is 4.77. The molecule has 2 heterocycles. The van der Waals surface area contributed by atoms with Crippen LogP contribution in [0.25, 0.3) is 0 Å². The summed E-state index contributed by atoms with van der Waals surface area (Å²) >= 11 is 1.10.